The third kappa shape index (κ3) is 16.8. The second kappa shape index (κ2) is 22.1. The number of unbranched alkanes of at least 4 members (excludes halogenated alkanes) is 15. The Morgan fingerprint density at radius 2 is 1.20 bits per heavy atom. The normalized spacial score (nSPS) is 11.3. The number of esters is 1. The van der Waals surface area contributed by atoms with Crippen LogP contribution in [0.2, 0.25) is 0 Å². The molecule has 0 aliphatic heterocycles. The molecule has 0 aliphatic rings. The monoisotopic (exact) mass is 487 g/mol. The molecule has 0 unspecified atom stereocenters. The highest BCUT2D eigenvalue weighted by molar-refractivity contribution is 6.64. The SMILES string of the molecule is CCCCCCCCCCCCCCCCCCNC(=O)/C(=N/Nc1ccccc1)C(=O)OCC. The van der Waals surface area contributed by atoms with Crippen molar-refractivity contribution < 1.29 is 14.3 Å². The Balaban J connectivity index is 2.06. The molecule has 0 spiro atoms. The van der Waals surface area contributed by atoms with Crippen LogP contribution in [0.15, 0.2) is 35.4 Å². The molecule has 0 heterocycles. The molecule has 1 amide bonds. The second-order valence-corrected chi connectivity index (χ2v) is 9.22. The Morgan fingerprint density at radius 1 is 0.714 bits per heavy atom. The third-order valence-electron chi connectivity index (χ3n) is 6.07. The van der Waals surface area contributed by atoms with Crippen molar-refractivity contribution in [3.05, 3.63) is 30.3 Å². The minimum atomic E-state index is -0.722. The van der Waals surface area contributed by atoms with Crippen molar-refractivity contribution in [2.45, 2.75) is 117 Å². The van der Waals surface area contributed by atoms with Crippen molar-refractivity contribution in [3.8, 4) is 0 Å². The van der Waals surface area contributed by atoms with Crippen molar-refractivity contribution >= 4 is 23.3 Å². The third-order valence-corrected chi connectivity index (χ3v) is 6.07. The number of nitrogens with zero attached hydrogens (tertiary/aromatic N) is 1. The number of hydrazone groups is 1. The lowest BCUT2D eigenvalue weighted by molar-refractivity contribution is -0.135. The summed E-state index contributed by atoms with van der Waals surface area (Å²) < 4.78 is 4.98. The summed E-state index contributed by atoms with van der Waals surface area (Å²) in [6.45, 7) is 4.69. The van der Waals surface area contributed by atoms with Gasteiger partial charge in [-0.3, -0.25) is 10.2 Å². The first-order valence-electron chi connectivity index (χ1n) is 14.0. The van der Waals surface area contributed by atoms with Gasteiger partial charge in [0, 0.05) is 6.54 Å². The van der Waals surface area contributed by atoms with Gasteiger partial charge in [0.25, 0.3) is 5.91 Å². The van der Waals surface area contributed by atoms with Gasteiger partial charge in [-0.2, -0.15) is 5.10 Å². The van der Waals surface area contributed by atoms with Crippen molar-refractivity contribution in [1.82, 2.24) is 5.32 Å². The Kier molecular flexibility index (Phi) is 19.4. The number of rotatable bonds is 22. The van der Waals surface area contributed by atoms with Crippen LogP contribution in [0.3, 0.4) is 0 Å². The van der Waals surface area contributed by atoms with E-state index in [1.54, 1.807) is 19.1 Å². The van der Waals surface area contributed by atoms with Gasteiger partial charge in [-0.05, 0) is 25.5 Å². The molecule has 6 heteroatoms. The first kappa shape index (κ1) is 30.7. The summed E-state index contributed by atoms with van der Waals surface area (Å²) in [5.41, 5.74) is 3.19. The average molecular weight is 488 g/mol. The number of anilines is 1. The van der Waals surface area contributed by atoms with Gasteiger partial charge in [-0.1, -0.05) is 121 Å². The molecule has 0 saturated heterocycles. The van der Waals surface area contributed by atoms with E-state index in [4.69, 9.17) is 4.74 Å². The lowest BCUT2D eigenvalue weighted by Gasteiger charge is -2.08. The molecule has 2 N–H and O–H groups in total. The summed E-state index contributed by atoms with van der Waals surface area (Å²) in [5, 5.41) is 6.79. The Labute approximate surface area is 213 Å². The minimum Gasteiger partial charge on any atom is -0.461 e. The second-order valence-electron chi connectivity index (χ2n) is 9.22. The van der Waals surface area contributed by atoms with E-state index in [1.165, 1.54) is 89.9 Å². The van der Waals surface area contributed by atoms with E-state index in [1.807, 2.05) is 18.2 Å². The summed E-state index contributed by atoms with van der Waals surface area (Å²) in [4.78, 5) is 24.6. The van der Waals surface area contributed by atoms with Gasteiger partial charge < -0.3 is 10.1 Å². The van der Waals surface area contributed by atoms with Gasteiger partial charge in [-0.25, -0.2) is 4.79 Å². The van der Waals surface area contributed by atoms with Gasteiger partial charge in [0.05, 0.1) is 12.3 Å². The molecular formula is C29H49N3O3. The average Bonchev–Trinajstić information content (AvgIpc) is 2.87. The number of hydrogen-bond acceptors (Lipinski definition) is 5. The van der Waals surface area contributed by atoms with Crippen LogP contribution >= 0.6 is 0 Å². The molecule has 6 nitrogen and oxygen atoms in total. The molecule has 0 saturated carbocycles. The van der Waals surface area contributed by atoms with Crippen LogP contribution < -0.4 is 10.7 Å². The molecule has 198 valence electrons. The van der Waals surface area contributed by atoms with Crippen LogP contribution in [0, 0.1) is 0 Å². The molecule has 0 aromatic heterocycles. The van der Waals surface area contributed by atoms with Crippen molar-refractivity contribution in [1.29, 1.82) is 0 Å². The molecule has 35 heavy (non-hydrogen) atoms. The van der Waals surface area contributed by atoms with Crippen molar-refractivity contribution in [2.75, 3.05) is 18.6 Å². The highest BCUT2D eigenvalue weighted by Gasteiger charge is 2.21. The van der Waals surface area contributed by atoms with Crippen molar-refractivity contribution in [3.63, 3.8) is 0 Å². The molecule has 0 bridgehead atoms. The summed E-state index contributed by atoms with van der Waals surface area (Å²) in [6, 6.07) is 9.19. The number of amides is 1. The predicted octanol–water partition coefficient (Wildman–Crippen LogP) is 7.40. The summed E-state index contributed by atoms with van der Waals surface area (Å²) in [7, 11) is 0. The van der Waals surface area contributed by atoms with E-state index in [0.29, 0.717) is 12.2 Å². The molecule has 0 aliphatic carbocycles. The maximum Gasteiger partial charge on any atom is 0.364 e. The number of carbonyl (C=O) groups excluding carboxylic acids is 2. The zero-order valence-corrected chi connectivity index (χ0v) is 22.3. The highest BCUT2D eigenvalue weighted by atomic mass is 16.5. The molecule has 0 radical (unpaired) electrons. The standard InChI is InChI=1S/C29H49N3O3/c1-3-5-6-7-8-9-10-11-12-13-14-15-16-17-18-22-25-30-28(33)27(29(34)35-4-2)32-31-26-23-20-19-21-24-26/h19-21,23-24,31H,3-18,22,25H2,1-2H3,(H,30,33)/b32-27-. The van der Waals surface area contributed by atoms with Crippen LogP contribution in [-0.2, 0) is 14.3 Å². The Bertz CT molecular complexity index is 692. The van der Waals surface area contributed by atoms with E-state index < -0.39 is 11.9 Å². The lowest BCUT2D eigenvalue weighted by Crippen LogP contribution is -2.38. The summed E-state index contributed by atoms with van der Waals surface area (Å²) in [5.74, 6) is -1.23. The van der Waals surface area contributed by atoms with Crippen LogP contribution in [-0.4, -0.2) is 30.7 Å². The van der Waals surface area contributed by atoms with Gasteiger partial charge in [0.2, 0.25) is 5.71 Å². The van der Waals surface area contributed by atoms with Gasteiger partial charge in [0.1, 0.15) is 0 Å². The van der Waals surface area contributed by atoms with Crippen LogP contribution in [0.4, 0.5) is 5.69 Å². The smallest absolute Gasteiger partial charge is 0.364 e. The minimum absolute atomic E-state index is 0.190. The number of benzene rings is 1. The number of nitrogens with one attached hydrogen (secondary N) is 2. The largest absolute Gasteiger partial charge is 0.461 e. The van der Waals surface area contributed by atoms with E-state index in [9.17, 15) is 9.59 Å². The maximum absolute atomic E-state index is 12.5. The zero-order valence-electron chi connectivity index (χ0n) is 22.3. The molecule has 0 atom stereocenters. The number of hydrogen-bond donors (Lipinski definition) is 2. The molecule has 0 fully saturated rings. The van der Waals surface area contributed by atoms with E-state index in [2.05, 4.69) is 22.8 Å². The number of ether oxygens (including phenoxy) is 1. The van der Waals surface area contributed by atoms with Crippen LogP contribution in [0.5, 0.6) is 0 Å². The molecule has 1 aromatic rings. The van der Waals surface area contributed by atoms with Crippen molar-refractivity contribution in [2.24, 2.45) is 5.10 Å². The van der Waals surface area contributed by atoms with Gasteiger partial charge in [0.15, 0.2) is 0 Å². The van der Waals surface area contributed by atoms with E-state index in [0.717, 1.165) is 12.8 Å². The summed E-state index contributed by atoms with van der Waals surface area (Å²) in [6.07, 6.45) is 21.0. The number of para-hydroxylation sites is 1. The fourth-order valence-electron chi connectivity index (χ4n) is 3.98. The maximum atomic E-state index is 12.5. The van der Waals surface area contributed by atoms with Gasteiger partial charge >= 0.3 is 5.97 Å². The number of carbonyl (C=O) groups is 2. The quantitative estimate of drug-likeness (QED) is 0.0587. The van der Waals surface area contributed by atoms with E-state index in [-0.39, 0.29) is 12.3 Å². The topological polar surface area (TPSA) is 79.8 Å². The summed E-state index contributed by atoms with van der Waals surface area (Å²) >= 11 is 0. The first-order valence-corrected chi connectivity index (χ1v) is 14.0. The highest BCUT2D eigenvalue weighted by Crippen LogP contribution is 2.13. The fraction of sp³-hybridized carbons (Fsp3) is 0.690. The van der Waals surface area contributed by atoms with Crippen LogP contribution in [0.25, 0.3) is 0 Å². The fourth-order valence-corrected chi connectivity index (χ4v) is 3.98. The van der Waals surface area contributed by atoms with Gasteiger partial charge in [-0.15, -0.1) is 0 Å². The lowest BCUT2D eigenvalue weighted by atomic mass is 10.0. The molecule has 1 aromatic carbocycles. The molecule has 1 rings (SSSR count). The molecular weight excluding hydrogens is 438 g/mol. The predicted molar refractivity (Wildman–Crippen MR) is 147 cm³/mol. The van der Waals surface area contributed by atoms with E-state index >= 15 is 0 Å². The Hall–Kier alpha value is -2.37. The zero-order chi connectivity index (χ0) is 25.4. The van der Waals surface area contributed by atoms with Crippen LogP contribution in [0.1, 0.15) is 117 Å². The first-order chi connectivity index (χ1) is 17.2. The Morgan fingerprint density at radius 3 is 1.69 bits per heavy atom.